The van der Waals surface area contributed by atoms with Crippen LogP contribution in [0.2, 0.25) is 0 Å². The molecule has 77 heavy (non-hydrogen) atoms. The van der Waals surface area contributed by atoms with Crippen molar-refractivity contribution < 1.29 is 56.9 Å². The van der Waals surface area contributed by atoms with Crippen LogP contribution in [0.15, 0.2) is 144 Å². The van der Waals surface area contributed by atoms with Crippen molar-refractivity contribution in [3.63, 3.8) is 0 Å². The molecule has 1 unspecified atom stereocenters. The molecule has 0 aliphatic heterocycles. The van der Waals surface area contributed by atoms with Gasteiger partial charge in [0.1, 0.15) is 34.2 Å². The molecule has 6 rings (SSSR count). The van der Waals surface area contributed by atoms with E-state index >= 15 is 0 Å². The number of ether oxygens (including phenoxy) is 4. The van der Waals surface area contributed by atoms with Gasteiger partial charge in [-0.3, -0.25) is 24.6 Å². The lowest BCUT2D eigenvalue weighted by Gasteiger charge is -2.20. The summed E-state index contributed by atoms with van der Waals surface area (Å²) in [7, 11) is -2.45. The Balaban J connectivity index is 0.900. The fourth-order valence-electron chi connectivity index (χ4n) is 7.88. The van der Waals surface area contributed by atoms with Crippen LogP contribution in [0, 0.1) is 0 Å². The number of unbranched alkanes of at least 4 members (excludes halogenated alkanes) is 3. The molecular formula is C57H67N7O12S. The van der Waals surface area contributed by atoms with E-state index in [0.717, 1.165) is 41.6 Å². The number of carboxylic acid groups (broad SMARTS) is 1. The first-order valence-electron chi connectivity index (χ1n) is 25.4. The van der Waals surface area contributed by atoms with Gasteiger partial charge >= 0.3 is 5.97 Å². The summed E-state index contributed by atoms with van der Waals surface area (Å²) in [5.41, 5.74) is 7.73. The number of aliphatic carboxylic acids is 1. The number of hydrazone groups is 1. The van der Waals surface area contributed by atoms with Gasteiger partial charge in [0.2, 0.25) is 17.7 Å². The van der Waals surface area contributed by atoms with Crippen molar-refractivity contribution in [3.8, 4) is 39.8 Å². The molecule has 0 saturated heterocycles. The smallest absolute Gasteiger partial charge is 0.303 e. The maximum Gasteiger partial charge on any atom is 0.303 e. The third-order valence-corrected chi connectivity index (χ3v) is 12.8. The van der Waals surface area contributed by atoms with E-state index < -0.39 is 34.7 Å². The Labute approximate surface area is 450 Å². The van der Waals surface area contributed by atoms with Crippen molar-refractivity contribution in [2.45, 2.75) is 75.1 Å². The van der Waals surface area contributed by atoms with Gasteiger partial charge in [0.15, 0.2) is 0 Å². The van der Waals surface area contributed by atoms with E-state index in [4.69, 9.17) is 23.9 Å². The predicted octanol–water partition coefficient (Wildman–Crippen LogP) is 9.49. The average molecular weight is 1070 g/mol. The Kier molecular flexibility index (Phi) is 23.7. The number of anilines is 1. The van der Waals surface area contributed by atoms with E-state index in [1.54, 1.807) is 36.4 Å². The van der Waals surface area contributed by atoms with Crippen molar-refractivity contribution in [2.75, 3.05) is 52.1 Å². The molecule has 4 aromatic carbocycles. The molecule has 2 heterocycles. The van der Waals surface area contributed by atoms with E-state index in [1.165, 1.54) is 37.7 Å². The van der Waals surface area contributed by atoms with Gasteiger partial charge in [0.05, 0.1) is 48.8 Å². The number of nitrogens with one attached hydrogen (secondary N) is 4. The third-order valence-electron chi connectivity index (χ3n) is 11.9. The second-order valence-electron chi connectivity index (χ2n) is 17.7. The molecule has 1 atom stereocenters. The van der Waals surface area contributed by atoms with Crippen LogP contribution in [0.1, 0.15) is 79.3 Å². The highest BCUT2D eigenvalue weighted by molar-refractivity contribution is 8.19. The summed E-state index contributed by atoms with van der Waals surface area (Å²) in [6.45, 7) is 1.98. The van der Waals surface area contributed by atoms with Gasteiger partial charge in [-0.25, -0.2) is 9.97 Å². The van der Waals surface area contributed by atoms with E-state index in [1.807, 2.05) is 54.6 Å². The average Bonchev–Trinajstić information content (AvgIpc) is 3.44. The quantitative estimate of drug-likeness (QED) is 0.0108. The molecule has 8 N–H and O–H groups in total. The van der Waals surface area contributed by atoms with E-state index in [0.29, 0.717) is 62.0 Å². The molecule has 0 aliphatic carbocycles. The number of aromatic nitrogens is 2. The Morgan fingerprint density at radius 2 is 1.36 bits per heavy atom. The van der Waals surface area contributed by atoms with E-state index in [-0.39, 0.29) is 73.2 Å². The number of hydrogen-bond acceptors (Lipinski definition) is 15. The highest BCUT2D eigenvalue weighted by Gasteiger charge is 2.22. The van der Waals surface area contributed by atoms with Gasteiger partial charge in [-0.1, -0.05) is 84.9 Å². The number of methoxy groups -OCH3 is 1. The van der Waals surface area contributed by atoms with E-state index in [2.05, 4.69) is 49.7 Å². The molecule has 19 nitrogen and oxygen atoms in total. The molecule has 0 radical (unpaired) electrons. The highest BCUT2D eigenvalue weighted by Crippen LogP contribution is 2.45. The summed E-state index contributed by atoms with van der Waals surface area (Å²) < 4.78 is 52.5. The van der Waals surface area contributed by atoms with Crippen LogP contribution in [-0.2, 0) is 25.5 Å². The molecule has 0 spiro atoms. The molecule has 408 valence electrons. The maximum atomic E-state index is 13.2. The Bertz CT molecular complexity index is 2780. The van der Waals surface area contributed by atoms with Crippen LogP contribution in [0.25, 0.3) is 22.4 Å². The van der Waals surface area contributed by atoms with Crippen molar-refractivity contribution in [2.24, 2.45) is 5.10 Å². The minimum atomic E-state index is -3.96. The summed E-state index contributed by atoms with van der Waals surface area (Å²) >= 11 is 0. The van der Waals surface area contributed by atoms with E-state index in [9.17, 15) is 37.9 Å². The number of benzene rings is 4. The number of hydrogen-bond donors (Lipinski definition) is 8. The molecule has 0 saturated carbocycles. The van der Waals surface area contributed by atoms with Gasteiger partial charge in [0.25, 0.3) is 5.91 Å². The highest BCUT2D eigenvalue weighted by atomic mass is 32.3. The van der Waals surface area contributed by atoms with Crippen molar-refractivity contribution >= 4 is 46.6 Å². The zero-order valence-electron chi connectivity index (χ0n) is 43.0. The Morgan fingerprint density at radius 3 is 2.05 bits per heavy atom. The number of pyridine rings is 2. The molecule has 0 aliphatic rings. The van der Waals surface area contributed by atoms with Crippen LogP contribution in [0.3, 0.4) is 0 Å². The first kappa shape index (κ1) is 58.4. The maximum absolute atomic E-state index is 13.2. The minimum absolute atomic E-state index is 0.0907. The monoisotopic (exact) mass is 1070 g/mol. The first-order chi connectivity index (χ1) is 37.4. The first-order valence-corrected chi connectivity index (χ1v) is 26.9. The zero-order valence-corrected chi connectivity index (χ0v) is 43.8. The molecule has 0 fully saturated rings. The number of nitrogens with zero attached hydrogens (tertiary/aromatic N) is 3. The van der Waals surface area contributed by atoms with Crippen LogP contribution in [-0.4, -0.2) is 111 Å². The minimum Gasteiger partial charge on any atom is -0.493 e. The SMILES string of the molecule is COCCNC(=O)C(CCCCNC(=O)CCCOc1cccc(OCCCCCOc2cc(-c3ccccc3)cc(-c3ccccc3)n2)c1CCC(=O)O)NC(=O)c1ccc(N/N=C/c2ccccc2S(O)(O)O)nc1. The predicted molar refractivity (Wildman–Crippen MR) is 296 cm³/mol. The van der Waals surface area contributed by atoms with Gasteiger partial charge in [0, 0.05) is 62.0 Å². The third kappa shape index (κ3) is 20.0. The Hall–Kier alpha value is -7.88. The molecule has 2 aromatic heterocycles. The van der Waals surface area contributed by atoms with Crippen molar-refractivity contribution in [1.29, 1.82) is 0 Å². The normalized spacial score (nSPS) is 11.8. The topological polar surface area (TPSA) is 272 Å². The zero-order chi connectivity index (χ0) is 54.7. The van der Waals surface area contributed by atoms with Gasteiger partial charge in [-0.15, -0.1) is 0 Å². The van der Waals surface area contributed by atoms with Gasteiger partial charge in [-0.05, 0) is 98.9 Å². The summed E-state index contributed by atoms with van der Waals surface area (Å²) in [6, 6.07) is 37.7. The van der Waals surface area contributed by atoms with Crippen molar-refractivity contribution in [1.82, 2.24) is 25.9 Å². The molecule has 20 heteroatoms. The van der Waals surface area contributed by atoms with Crippen LogP contribution < -0.4 is 35.6 Å². The second kappa shape index (κ2) is 31.2. The summed E-state index contributed by atoms with van der Waals surface area (Å²) in [5, 5.41) is 22.0. The van der Waals surface area contributed by atoms with Gasteiger partial charge < -0.3 is 53.7 Å². The molecular weight excluding hydrogens is 1010 g/mol. The lowest BCUT2D eigenvalue weighted by atomic mass is 10.0. The fourth-order valence-corrected chi connectivity index (χ4v) is 8.58. The summed E-state index contributed by atoms with van der Waals surface area (Å²) in [4.78, 5) is 59.6. The van der Waals surface area contributed by atoms with Crippen LogP contribution in [0.4, 0.5) is 5.82 Å². The summed E-state index contributed by atoms with van der Waals surface area (Å²) in [6.07, 6.45) is 6.97. The van der Waals surface area contributed by atoms with Crippen LogP contribution in [0.5, 0.6) is 17.4 Å². The second-order valence-corrected chi connectivity index (χ2v) is 19.1. The number of amides is 3. The lowest BCUT2D eigenvalue weighted by Crippen LogP contribution is -2.47. The number of rotatable bonds is 33. The molecule has 0 bridgehead atoms. The summed E-state index contributed by atoms with van der Waals surface area (Å²) in [5.74, 6) is -0.156. The number of carbonyl (C=O) groups excluding carboxylic acids is 3. The molecule has 3 amide bonds. The van der Waals surface area contributed by atoms with Gasteiger partial charge in [-0.2, -0.15) is 5.10 Å². The Morgan fingerprint density at radius 1 is 0.675 bits per heavy atom. The number of carboxylic acids is 1. The fraction of sp³-hybridized carbons (Fsp3) is 0.316. The standard InChI is InChI=1S/C57H67N7O12S/c1-73-36-32-59-57(69)47(63-56(68)44-27-29-52(60-39-44)64-61-40-43-21-9-10-25-51(43)77(70,71)72)22-11-12-31-58-53(65)26-16-35-75-50-24-15-23-49(46(50)28-30-55(66)67)74-33-13-4-14-34-76-54-38-45(41-17-5-2-6-18-41)37-48(62-54)42-19-7-3-8-20-42/h2-3,5-10,15,17-21,23-25,27,29,37-40,47,70-72H,4,11-14,16,22,26,28,30-36H2,1H3,(H,58,65)(H,59,69)(H,60,64)(H,63,68)(H,66,67)/b61-40+. The lowest BCUT2D eigenvalue weighted by molar-refractivity contribution is -0.137. The van der Waals surface area contributed by atoms with Crippen molar-refractivity contribution in [3.05, 3.63) is 150 Å². The largest absolute Gasteiger partial charge is 0.493 e. The van der Waals surface area contributed by atoms with Crippen LogP contribution >= 0.6 is 10.9 Å². The number of carbonyl (C=O) groups is 4. The molecule has 6 aromatic rings.